The number of hydrogen-bond acceptors (Lipinski definition) is 4. The van der Waals surface area contributed by atoms with E-state index in [0.717, 1.165) is 50.2 Å². The maximum Gasteiger partial charge on any atom is 0.343 e. The van der Waals surface area contributed by atoms with E-state index in [0.29, 0.717) is 17.2 Å². The van der Waals surface area contributed by atoms with Gasteiger partial charge in [0.1, 0.15) is 17.1 Å². The van der Waals surface area contributed by atoms with Crippen LogP contribution in [0.5, 0.6) is 5.75 Å². The lowest BCUT2D eigenvalue weighted by Crippen LogP contribution is -2.35. The van der Waals surface area contributed by atoms with Crippen LogP contribution in [0.1, 0.15) is 46.9 Å². The normalized spacial score (nSPS) is 16.2. The zero-order valence-corrected chi connectivity index (χ0v) is 20.0. The van der Waals surface area contributed by atoms with Crippen molar-refractivity contribution in [2.45, 2.75) is 31.6 Å². The summed E-state index contributed by atoms with van der Waals surface area (Å²) < 4.78 is 11.6. The van der Waals surface area contributed by atoms with Crippen LogP contribution in [0.3, 0.4) is 0 Å². The third kappa shape index (κ3) is 5.88. The molecule has 0 aliphatic carbocycles. The minimum Gasteiger partial charge on any atom is -0.461 e. The Kier molecular flexibility index (Phi) is 8.04. The predicted octanol–water partition coefficient (Wildman–Crippen LogP) is 6.89. The van der Waals surface area contributed by atoms with Crippen LogP contribution in [0.2, 0.25) is 0 Å². The molecule has 0 N–H and O–H groups in total. The number of carbonyl (C=O) groups excluding carboxylic acids is 1. The van der Waals surface area contributed by atoms with Gasteiger partial charge in [-0.1, -0.05) is 48.5 Å². The Morgan fingerprint density at radius 3 is 2.65 bits per heavy atom. The average molecular weight is 476 g/mol. The molecule has 0 spiro atoms. The SMILES string of the molecule is Cl.O=C(Oc1cccc(C2CCCN(CCCc3cc4ccccc4o3)C2)c1)c1ccccc1. The summed E-state index contributed by atoms with van der Waals surface area (Å²) in [5.74, 6) is 1.82. The summed E-state index contributed by atoms with van der Waals surface area (Å²) in [6, 6.07) is 27.5. The van der Waals surface area contributed by atoms with Crippen molar-refractivity contribution in [1.29, 1.82) is 0 Å². The minimum absolute atomic E-state index is 0. The number of piperidine rings is 1. The van der Waals surface area contributed by atoms with E-state index in [1.54, 1.807) is 12.1 Å². The van der Waals surface area contributed by atoms with E-state index in [2.05, 4.69) is 23.1 Å². The first-order valence-corrected chi connectivity index (χ1v) is 11.8. The monoisotopic (exact) mass is 475 g/mol. The third-order valence-electron chi connectivity index (χ3n) is 6.43. The maximum absolute atomic E-state index is 12.4. The van der Waals surface area contributed by atoms with Gasteiger partial charge in [0.05, 0.1) is 5.56 Å². The highest BCUT2D eigenvalue weighted by Crippen LogP contribution is 2.30. The summed E-state index contributed by atoms with van der Waals surface area (Å²) in [6.45, 7) is 3.24. The van der Waals surface area contributed by atoms with Crippen molar-refractivity contribution in [3.63, 3.8) is 0 Å². The lowest BCUT2D eigenvalue weighted by atomic mass is 9.90. The Labute approximate surface area is 206 Å². The summed E-state index contributed by atoms with van der Waals surface area (Å²) in [5.41, 5.74) is 2.78. The molecule has 0 radical (unpaired) electrons. The van der Waals surface area contributed by atoms with Crippen LogP contribution in [0, 0.1) is 0 Å². The van der Waals surface area contributed by atoms with Crippen LogP contribution in [0.25, 0.3) is 11.0 Å². The van der Waals surface area contributed by atoms with Crippen molar-refractivity contribution in [2.75, 3.05) is 19.6 Å². The molecule has 5 rings (SSSR count). The molecule has 1 saturated heterocycles. The first-order chi connectivity index (χ1) is 16.2. The summed E-state index contributed by atoms with van der Waals surface area (Å²) in [4.78, 5) is 15.0. The highest BCUT2D eigenvalue weighted by Gasteiger charge is 2.22. The van der Waals surface area contributed by atoms with Crippen molar-refractivity contribution in [3.05, 3.63) is 102 Å². The molecule has 5 heteroatoms. The number of carbonyl (C=O) groups is 1. The van der Waals surface area contributed by atoms with Gasteiger partial charge in [-0.05, 0) is 80.2 Å². The summed E-state index contributed by atoms with van der Waals surface area (Å²) in [5, 5.41) is 1.18. The summed E-state index contributed by atoms with van der Waals surface area (Å²) in [7, 11) is 0. The van der Waals surface area contributed by atoms with Gasteiger partial charge in [-0.2, -0.15) is 0 Å². The number of likely N-dealkylation sites (tertiary alicyclic amines) is 1. The number of ether oxygens (including phenoxy) is 1. The topological polar surface area (TPSA) is 42.7 Å². The van der Waals surface area contributed by atoms with Gasteiger partial charge in [0.15, 0.2) is 0 Å². The highest BCUT2D eigenvalue weighted by molar-refractivity contribution is 5.91. The molecular weight excluding hydrogens is 446 g/mol. The Bertz CT molecular complexity index is 1190. The van der Waals surface area contributed by atoms with Crippen molar-refractivity contribution in [2.24, 2.45) is 0 Å². The molecule has 1 aromatic heterocycles. The molecule has 1 aliphatic heterocycles. The standard InChI is InChI=1S/C29H29NO3.ClH/c31-29(22-9-2-1-3-10-22)33-27-14-6-12-23(19-27)25-13-7-17-30(21-25)18-8-15-26-20-24-11-4-5-16-28(24)32-26;/h1-6,9-12,14,16,19-20,25H,7-8,13,15,17-18,21H2;1H. The van der Waals surface area contributed by atoms with Crippen LogP contribution in [0.4, 0.5) is 0 Å². The number of esters is 1. The van der Waals surface area contributed by atoms with Crippen LogP contribution in [-0.4, -0.2) is 30.5 Å². The number of nitrogens with zero attached hydrogens (tertiary/aromatic N) is 1. The Balaban J connectivity index is 0.00000274. The second kappa shape index (κ2) is 11.4. The lowest BCUT2D eigenvalue weighted by Gasteiger charge is -2.33. The molecule has 0 bridgehead atoms. The Hall–Kier alpha value is -3.08. The van der Waals surface area contributed by atoms with Crippen molar-refractivity contribution < 1.29 is 13.9 Å². The molecule has 1 unspecified atom stereocenters. The summed E-state index contributed by atoms with van der Waals surface area (Å²) >= 11 is 0. The van der Waals surface area contributed by atoms with Gasteiger partial charge in [0, 0.05) is 18.4 Å². The van der Waals surface area contributed by atoms with E-state index >= 15 is 0 Å². The number of aryl methyl sites for hydroxylation is 1. The van der Waals surface area contributed by atoms with Gasteiger partial charge in [-0.15, -0.1) is 12.4 Å². The third-order valence-corrected chi connectivity index (χ3v) is 6.43. The second-order valence-corrected chi connectivity index (χ2v) is 8.82. The molecular formula is C29H30ClNO3. The van der Waals surface area contributed by atoms with Crippen LogP contribution in [0.15, 0.2) is 89.3 Å². The molecule has 4 aromatic rings. The van der Waals surface area contributed by atoms with E-state index in [4.69, 9.17) is 9.15 Å². The number of rotatable bonds is 7. The smallest absolute Gasteiger partial charge is 0.343 e. The molecule has 0 amide bonds. The zero-order chi connectivity index (χ0) is 22.5. The predicted molar refractivity (Wildman–Crippen MR) is 138 cm³/mol. The molecule has 4 nitrogen and oxygen atoms in total. The lowest BCUT2D eigenvalue weighted by molar-refractivity contribution is 0.0734. The number of furan rings is 1. The molecule has 34 heavy (non-hydrogen) atoms. The fraction of sp³-hybridized carbons (Fsp3) is 0.276. The molecule has 3 aromatic carbocycles. The van der Waals surface area contributed by atoms with Crippen LogP contribution in [-0.2, 0) is 6.42 Å². The average Bonchev–Trinajstić information content (AvgIpc) is 3.28. The van der Waals surface area contributed by atoms with E-state index < -0.39 is 0 Å². The van der Waals surface area contributed by atoms with E-state index in [9.17, 15) is 4.79 Å². The van der Waals surface area contributed by atoms with Crippen LogP contribution >= 0.6 is 12.4 Å². The van der Waals surface area contributed by atoms with Gasteiger partial charge in [-0.25, -0.2) is 4.79 Å². The Morgan fingerprint density at radius 1 is 0.971 bits per heavy atom. The first kappa shape index (κ1) is 24.1. The Morgan fingerprint density at radius 2 is 1.79 bits per heavy atom. The molecule has 1 atom stereocenters. The van der Waals surface area contributed by atoms with Gasteiger partial charge in [0.25, 0.3) is 0 Å². The molecule has 0 saturated carbocycles. The highest BCUT2D eigenvalue weighted by atomic mass is 35.5. The summed E-state index contributed by atoms with van der Waals surface area (Å²) in [6.07, 6.45) is 4.39. The fourth-order valence-corrected chi connectivity index (χ4v) is 4.74. The number of halogens is 1. The van der Waals surface area contributed by atoms with E-state index in [-0.39, 0.29) is 18.4 Å². The quantitative estimate of drug-likeness (QED) is 0.216. The number of hydrogen-bond donors (Lipinski definition) is 0. The molecule has 176 valence electrons. The maximum atomic E-state index is 12.4. The minimum atomic E-state index is -0.316. The van der Waals surface area contributed by atoms with Crippen molar-refractivity contribution >= 4 is 29.3 Å². The van der Waals surface area contributed by atoms with Gasteiger partial charge in [0.2, 0.25) is 0 Å². The van der Waals surface area contributed by atoms with Crippen molar-refractivity contribution in [3.8, 4) is 5.75 Å². The largest absolute Gasteiger partial charge is 0.461 e. The van der Waals surface area contributed by atoms with Crippen molar-refractivity contribution in [1.82, 2.24) is 4.90 Å². The molecule has 2 heterocycles. The number of benzene rings is 3. The molecule has 1 fully saturated rings. The zero-order valence-electron chi connectivity index (χ0n) is 19.2. The van der Waals surface area contributed by atoms with E-state index in [1.807, 2.05) is 54.6 Å². The fourth-order valence-electron chi connectivity index (χ4n) is 4.74. The number of fused-ring (bicyclic) bond motifs is 1. The van der Waals surface area contributed by atoms with Gasteiger partial charge in [-0.3, -0.25) is 0 Å². The van der Waals surface area contributed by atoms with Crippen LogP contribution < -0.4 is 4.74 Å². The van der Waals surface area contributed by atoms with Gasteiger partial charge >= 0.3 is 5.97 Å². The second-order valence-electron chi connectivity index (χ2n) is 8.82. The van der Waals surface area contributed by atoms with Gasteiger partial charge < -0.3 is 14.1 Å². The number of para-hydroxylation sites is 1. The first-order valence-electron chi connectivity index (χ1n) is 11.8. The van der Waals surface area contributed by atoms with E-state index in [1.165, 1.54) is 17.4 Å². The molecule has 1 aliphatic rings.